The highest BCUT2D eigenvalue weighted by molar-refractivity contribution is 5.96. The molecule has 4 heterocycles. The highest BCUT2D eigenvalue weighted by Gasteiger charge is 2.37. The van der Waals surface area contributed by atoms with Crippen molar-refractivity contribution in [2.24, 2.45) is 5.92 Å². The number of piperidine rings is 2. The van der Waals surface area contributed by atoms with E-state index in [1.807, 2.05) is 0 Å². The summed E-state index contributed by atoms with van der Waals surface area (Å²) in [5.74, 6) is 0.0857. The van der Waals surface area contributed by atoms with Crippen molar-refractivity contribution >= 4 is 11.6 Å². The van der Waals surface area contributed by atoms with E-state index in [1.54, 1.807) is 24.3 Å². The largest absolute Gasteiger partial charge is 0.497 e. The van der Waals surface area contributed by atoms with Crippen molar-refractivity contribution in [3.05, 3.63) is 47.8 Å². The summed E-state index contributed by atoms with van der Waals surface area (Å²) in [6, 6.07) is 7.83. The van der Waals surface area contributed by atoms with Gasteiger partial charge in [-0.05, 0) is 69.1 Å². The zero-order valence-electron chi connectivity index (χ0n) is 19.4. The molecule has 0 bridgehead atoms. The van der Waals surface area contributed by atoms with Crippen LogP contribution in [0, 0.1) is 5.92 Å². The zero-order chi connectivity index (χ0) is 24.6. The molecule has 2 saturated heterocycles. The van der Waals surface area contributed by atoms with Gasteiger partial charge in [-0.1, -0.05) is 6.42 Å². The smallest absolute Gasteiger partial charge is 0.433 e. The molecule has 0 saturated carbocycles. The molecule has 5 rings (SSSR count). The van der Waals surface area contributed by atoms with Gasteiger partial charge in [0.25, 0.3) is 0 Å². The molecule has 2 atom stereocenters. The quantitative estimate of drug-likeness (QED) is 0.479. The van der Waals surface area contributed by atoms with Crippen molar-refractivity contribution < 1.29 is 27.4 Å². The third kappa shape index (κ3) is 4.71. The summed E-state index contributed by atoms with van der Waals surface area (Å²) in [6.45, 7) is 2.38. The molecule has 0 radical (unpaired) electrons. The predicted molar refractivity (Wildman–Crippen MR) is 122 cm³/mol. The molecule has 0 spiro atoms. The van der Waals surface area contributed by atoms with Crippen molar-refractivity contribution in [1.29, 1.82) is 0 Å². The summed E-state index contributed by atoms with van der Waals surface area (Å²) in [5.41, 5.74) is -0.746. The van der Waals surface area contributed by atoms with Crippen LogP contribution in [-0.2, 0) is 10.9 Å². The minimum absolute atomic E-state index is 0.0761. The van der Waals surface area contributed by atoms with E-state index in [2.05, 4.69) is 15.0 Å². The number of hydrogen-bond acceptors (Lipinski definition) is 6. The lowest BCUT2D eigenvalue weighted by Crippen LogP contribution is -2.49. The van der Waals surface area contributed by atoms with E-state index in [4.69, 9.17) is 9.47 Å². The van der Waals surface area contributed by atoms with Gasteiger partial charge in [-0.3, -0.25) is 4.90 Å². The Bertz CT molecular complexity index is 1210. The van der Waals surface area contributed by atoms with Crippen LogP contribution in [0.1, 0.15) is 48.2 Å². The number of aromatic nitrogens is 3. The number of methoxy groups -OCH3 is 1. The topological polar surface area (TPSA) is 69.0 Å². The fourth-order valence-corrected chi connectivity index (χ4v) is 5.25. The van der Waals surface area contributed by atoms with Gasteiger partial charge in [0, 0.05) is 17.5 Å². The normalized spacial score (nSPS) is 21.0. The average Bonchev–Trinajstić information content (AvgIpc) is 3.30. The van der Waals surface area contributed by atoms with Crippen molar-refractivity contribution in [3.8, 4) is 17.0 Å². The maximum absolute atomic E-state index is 13.9. The second-order valence-electron chi connectivity index (χ2n) is 9.15. The van der Waals surface area contributed by atoms with Gasteiger partial charge in [0.2, 0.25) is 0 Å². The molecule has 2 aliphatic heterocycles. The minimum atomic E-state index is -4.69. The number of nitrogens with zero attached hydrogens (tertiary/aromatic N) is 4. The van der Waals surface area contributed by atoms with Crippen molar-refractivity contribution in [2.45, 2.75) is 44.3 Å². The van der Waals surface area contributed by atoms with Gasteiger partial charge in [0.1, 0.15) is 11.3 Å². The summed E-state index contributed by atoms with van der Waals surface area (Å²) in [5, 5.41) is 3.83. The molecular formula is C25H27F3N4O3. The Balaban J connectivity index is 1.44. The summed E-state index contributed by atoms with van der Waals surface area (Å²) in [6.07, 6.45) is 1.87. The van der Waals surface area contributed by atoms with Crippen LogP contribution < -0.4 is 4.74 Å². The van der Waals surface area contributed by atoms with Crippen LogP contribution >= 0.6 is 0 Å². The zero-order valence-corrected chi connectivity index (χ0v) is 19.4. The highest BCUT2D eigenvalue weighted by atomic mass is 19.4. The number of carbonyl (C=O) groups excluding carboxylic acids is 1. The number of alkyl halides is 3. The lowest BCUT2D eigenvalue weighted by Gasteiger charge is -2.44. The summed E-state index contributed by atoms with van der Waals surface area (Å²) in [7, 11) is 1.50. The molecule has 35 heavy (non-hydrogen) atoms. The van der Waals surface area contributed by atoms with Crippen LogP contribution in [0.2, 0.25) is 0 Å². The van der Waals surface area contributed by atoms with Crippen LogP contribution in [0.5, 0.6) is 5.75 Å². The third-order valence-corrected chi connectivity index (χ3v) is 7.03. The van der Waals surface area contributed by atoms with E-state index in [1.165, 1.54) is 13.5 Å². The number of carbonyl (C=O) groups is 1. The van der Waals surface area contributed by atoms with Gasteiger partial charge < -0.3 is 9.47 Å². The first-order valence-electron chi connectivity index (χ1n) is 11.9. The molecule has 0 amide bonds. The molecule has 2 aliphatic rings. The number of halogens is 3. The second kappa shape index (κ2) is 9.49. The molecule has 10 heteroatoms. The maximum atomic E-state index is 13.9. The van der Waals surface area contributed by atoms with Gasteiger partial charge in [-0.15, -0.1) is 0 Å². The van der Waals surface area contributed by atoms with Gasteiger partial charge >= 0.3 is 12.1 Å². The third-order valence-electron chi connectivity index (χ3n) is 7.03. The van der Waals surface area contributed by atoms with Gasteiger partial charge in [-0.2, -0.15) is 18.3 Å². The Morgan fingerprint density at radius 3 is 2.63 bits per heavy atom. The first-order valence-corrected chi connectivity index (χ1v) is 11.9. The van der Waals surface area contributed by atoms with Crippen LogP contribution in [0.3, 0.4) is 0 Å². The van der Waals surface area contributed by atoms with E-state index in [9.17, 15) is 18.0 Å². The van der Waals surface area contributed by atoms with Gasteiger partial charge in [-0.25, -0.2) is 14.3 Å². The SMILES string of the molecule is COc1ccc(-c2cc(C(F)(F)F)n3ncc(C(=O)OC[C@@H]4CCCN5CCCC[C@@H]45)c3n2)cc1. The number of benzene rings is 1. The fourth-order valence-electron chi connectivity index (χ4n) is 5.25. The standard InChI is InChI=1S/C25H27F3N4O3/c1-34-18-9-7-16(8-10-18)20-13-22(25(26,27)28)32-23(30-20)19(14-29-32)24(33)35-15-17-5-4-12-31-11-3-2-6-21(17)31/h7-10,13-14,17,21H,2-6,11-12,15H2,1H3/t17-,21-/m0/s1. The molecule has 0 aliphatic carbocycles. The number of rotatable bonds is 5. The number of fused-ring (bicyclic) bond motifs is 2. The Kier molecular flexibility index (Phi) is 6.39. The Morgan fingerprint density at radius 2 is 1.89 bits per heavy atom. The molecule has 2 fully saturated rings. The Morgan fingerprint density at radius 1 is 1.11 bits per heavy atom. The summed E-state index contributed by atoms with van der Waals surface area (Å²) in [4.78, 5) is 19.8. The van der Waals surface area contributed by atoms with Gasteiger partial charge in [0.05, 0.1) is 25.6 Å². The number of esters is 1. The van der Waals surface area contributed by atoms with E-state index >= 15 is 0 Å². The molecule has 186 valence electrons. The Hall–Kier alpha value is -3.14. The minimum Gasteiger partial charge on any atom is -0.497 e. The van der Waals surface area contributed by atoms with E-state index < -0.39 is 17.8 Å². The van der Waals surface area contributed by atoms with Crippen LogP contribution in [0.4, 0.5) is 13.2 Å². The summed E-state index contributed by atoms with van der Waals surface area (Å²) >= 11 is 0. The first-order chi connectivity index (χ1) is 16.8. The maximum Gasteiger partial charge on any atom is 0.433 e. The molecular weight excluding hydrogens is 461 g/mol. The van der Waals surface area contributed by atoms with Crippen LogP contribution in [-0.4, -0.2) is 58.3 Å². The molecule has 0 unspecified atom stereocenters. The lowest BCUT2D eigenvalue weighted by molar-refractivity contribution is -0.142. The summed E-state index contributed by atoms with van der Waals surface area (Å²) < 4.78 is 53.0. The fraction of sp³-hybridized carbons (Fsp3) is 0.480. The predicted octanol–water partition coefficient (Wildman–Crippen LogP) is 4.85. The molecule has 7 nitrogen and oxygen atoms in total. The molecule has 0 N–H and O–H groups in total. The van der Waals surface area contributed by atoms with Gasteiger partial charge in [0.15, 0.2) is 11.3 Å². The first kappa shape index (κ1) is 23.6. The molecule has 2 aromatic heterocycles. The van der Waals surface area contributed by atoms with Crippen molar-refractivity contribution in [1.82, 2.24) is 19.5 Å². The van der Waals surface area contributed by atoms with E-state index in [0.29, 0.717) is 21.9 Å². The van der Waals surface area contributed by atoms with Crippen LogP contribution in [0.15, 0.2) is 36.5 Å². The number of hydrogen-bond donors (Lipinski definition) is 0. The lowest BCUT2D eigenvalue weighted by atomic mass is 9.84. The second-order valence-corrected chi connectivity index (χ2v) is 9.15. The highest BCUT2D eigenvalue weighted by Crippen LogP contribution is 2.34. The van der Waals surface area contributed by atoms with Crippen molar-refractivity contribution in [3.63, 3.8) is 0 Å². The van der Waals surface area contributed by atoms with Crippen molar-refractivity contribution in [2.75, 3.05) is 26.8 Å². The Labute approximate surface area is 200 Å². The monoisotopic (exact) mass is 488 g/mol. The molecule has 1 aromatic carbocycles. The van der Waals surface area contributed by atoms with E-state index in [0.717, 1.165) is 51.0 Å². The van der Waals surface area contributed by atoms with Crippen LogP contribution in [0.25, 0.3) is 16.9 Å². The number of ether oxygens (including phenoxy) is 2. The average molecular weight is 489 g/mol. The van der Waals surface area contributed by atoms with E-state index in [-0.39, 0.29) is 29.4 Å². The molecule has 3 aromatic rings.